The minimum atomic E-state index is -0.513. The third-order valence-corrected chi connectivity index (χ3v) is 6.65. The topological polar surface area (TPSA) is 117 Å². The van der Waals surface area contributed by atoms with Gasteiger partial charge in [-0.3, -0.25) is 14.3 Å². The number of methoxy groups -OCH3 is 1. The Balaban J connectivity index is 1.41. The van der Waals surface area contributed by atoms with Gasteiger partial charge in [-0.25, -0.2) is 14.6 Å². The largest absolute Gasteiger partial charge is 0.497 e. The first-order valence-electron chi connectivity index (χ1n) is 12.0. The van der Waals surface area contributed by atoms with Gasteiger partial charge in [-0.05, 0) is 49.4 Å². The molecule has 0 radical (unpaired) electrons. The normalized spacial score (nSPS) is 10.9. The second-order valence-corrected chi connectivity index (χ2v) is 9.27. The van der Waals surface area contributed by atoms with Gasteiger partial charge in [0, 0.05) is 28.9 Å². The molecule has 9 nitrogen and oxygen atoms in total. The Morgan fingerprint density at radius 3 is 2.49 bits per heavy atom. The zero-order valence-corrected chi connectivity index (χ0v) is 22.2. The van der Waals surface area contributed by atoms with Crippen molar-refractivity contribution in [2.75, 3.05) is 18.2 Å². The number of nitrogens with zero attached hydrogens (tertiary/aromatic N) is 4. The van der Waals surface area contributed by atoms with Crippen LogP contribution in [0.4, 0.5) is 11.5 Å². The molecule has 2 heterocycles. The van der Waals surface area contributed by atoms with Crippen LogP contribution in [-0.4, -0.2) is 32.3 Å². The van der Waals surface area contributed by atoms with E-state index in [2.05, 4.69) is 10.3 Å². The van der Waals surface area contributed by atoms with Crippen LogP contribution in [0.3, 0.4) is 0 Å². The van der Waals surface area contributed by atoms with Crippen molar-refractivity contribution >= 4 is 29.0 Å². The standard InChI is InChI=1S/C29H25ClN6O3/c1-17-25(29(38)36(35(17)2)22-8-5-7-20(30)15-22)28(37)33-21-12-10-18(11-13-21)26-27(31)32-16-24(34-26)19-6-4-9-23(14-19)39-3/h4-16H,1-3H3,(H2,31,32)(H,33,37). The number of rotatable bonds is 6. The first-order valence-corrected chi connectivity index (χ1v) is 12.4. The Labute approximate surface area is 229 Å². The highest BCUT2D eigenvalue weighted by molar-refractivity contribution is 6.30. The molecule has 0 saturated carbocycles. The number of benzene rings is 3. The number of halogens is 1. The van der Waals surface area contributed by atoms with Gasteiger partial charge in [0.2, 0.25) is 0 Å². The van der Waals surface area contributed by atoms with E-state index in [-0.39, 0.29) is 11.4 Å². The summed E-state index contributed by atoms with van der Waals surface area (Å²) in [5, 5.41) is 3.30. The fourth-order valence-electron chi connectivity index (χ4n) is 4.31. The van der Waals surface area contributed by atoms with Crippen LogP contribution in [0, 0.1) is 6.92 Å². The zero-order valence-electron chi connectivity index (χ0n) is 21.5. The smallest absolute Gasteiger partial charge is 0.284 e. The summed E-state index contributed by atoms with van der Waals surface area (Å²) in [7, 11) is 3.32. The number of ether oxygens (including phenoxy) is 1. The lowest BCUT2D eigenvalue weighted by Gasteiger charge is -2.10. The second-order valence-electron chi connectivity index (χ2n) is 8.83. The van der Waals surface area contributed by atoms with Crippen LogP contribution in [0.2, 0.25) is 5.02 Å². The van der Waals surface area contributed by atoms with Gasteiger partial charge >= 0.3 is 0 Å². The molecule has 2 aromatic heterocycles. The molecule has 0 spiro atoms. The lowest BCUT2D eigenvalue weighted by Crippen LogP contribution is -2.25. The van der Waals surface area contributed by atoms with E-state index in [1.807, 2.05) is 24.3 Å². The van der Waals surface area contributed by atoms with Crippen LogP contribution in [0.25, 0.3) is 28.2 Å². The van der Waals surface area contributed by atoms with Gasteiger partial charge in [0.15, 0.2) is 0 Å². The molecule has 5 aromatic rings. The van der Waals surface area contributed by atoms with Gasteiger partial charge in [0.05, 0.1) is 30.4 Å². The molecule has 0 aliphatic carbocycles. The van der Waals surface area contributed by atoms with Gasteiger partial charge in [0.25, 0.3) is 11.5 Å². The maximum absolute atomic E-state index is 13.2. The molecular formula is C29H25ClN6O3. The molecule has 5 rings (SSSR count). The molecule has 196 valence electrons. The fourth-order valence-corrected chi connectivity index (χ4v) is 4.49. The van der Waals surface area contributed by atoms with E-state index in [1.165, 1.54) is 4.68 Å². The maximum Gasteiger partial charge on any atom is 0.284 e. The van der Waals surface area contributed by atoms with Crippen LogP contribution >= 0.6 is 11.6 Å². The van der Waals surface area contributed by atoms with E-state index < -0.39 is 11.5 Å². The van der Waals surface area contributed by atoms with Crippen molar-refractivity contribution in [3.63, 3.8) is 0 Å². The van der Waals surface area contributed by atoms with E-state index in [0.29, 0.717) is 39.2 Å². The molecule has 3 aromatic carbocycles. The van der Waals surface area contributed by atoms with Crippen molar-refractivity contribution in [3.05, 3.63) is 106 Å². The quantitative estimate of drug-likeness (QED) is 0.309. The summed E-state index contributed by atoms with van der Waals surface area (Å²) in [5.41, 5.74) is 10.1. The summed E-state index contributed by atoms with van der Waals surface area (Å²) in [6.07, 6.45) is 1.61. The monoisotopic (exact) mass is 540 g/mol. The Morgan fingerprint density at radius 2 is 1.77 bits per heavy atom. The summed E-state index contributed by atoms with van der Waals surface area (Å²) in [4.78, 5) is 35.4. The van der Waals surface area contributed by atoms with Crippen molar-refractivity contribution in [2.24, 2.45) is 7.05 Å². The van der Waals surface area contributed by atoms with Crippen molar-refractivity contribution in [3.8, 4) is 34.0 Å². The van der Waals surface area contributed by atoms with Gasteiger partial charge in [-0.2, -0.15) is 0 Å². The predicted molar refractivity (Wildman–Crippen MR) is 153 cm³/mol. The third kappa shape index (κ3) is 4.99. The van der Waals surface area contributed by atoms with Gasteiger partial charge in [-0.1, -0.05) is 41.9 Å². The molecule has 0 unspecified atom stereocenters. The molecule has 0 aliphatic rings. The number of nitrogens with two attached hydrogens (primary N) is 1. The lowest BCUT2D eigenvalue weighted by molar-refractivity contribution is 0.102. The van der Waals surface area contributed by atoms with Crippen molar-refractivity contribution in [2.45, 2.75) is 6.92 Å². The average Bonchev–Trinajstić information content (AvgIpc) is 3.16. The predicted octanol–water partition coefficient (Wildman–Crippen LogP) is 5.10. The highest BCUT2D eigenvalue weighted by Crippen LogP contribution is 2.28. The average molecular weight is 541 g/mol. The minimum Gasteiger partial charge on any atom is -0.497 e. The molecule has 10 heteroatoms. The van der Waals surface area contributed by atoms with Crippen LogP contribution in [0.5, 0.6) is 5.75 Å². The molecule has 1 amide bonds. The van der Waals surface area contributed by atoms with Crippen LogP contribution in [0.15, 0.2) is 83.8 Å². The minimum absolute atomic E-state index is 0.0441. The molecule has 3 N–H and O–H groups in total. The number of anilines is 2. The summed E-state index contributed by atoms with van der Waals surface area (Å²) in [5.74, 6) is 0.474. The third-order valence-electron chi connectivity index (χ3n) is 6.42. The zero-order chi connectivity index (χ0) is 27.7. The van der Waals surface area contributed by atoms with Gasteiger partial charge in [-0.15, -0.1) is 0 Å². The molecular weight excluding hydrogens is 516 g/mol. The van der Waals surface area contributed by atoms with Crippen LogP contribution < -0.4 is 21.3 Å². The molecule has 0 fully saturated rings. The summed E-state index contributed by atoms with van der Waals surface area (Å²) in [6, 6.07) is 21.4. The lowest BCUT2D eigenvalue weighted by atomic mass is 10.1. The van der Waals surface area contributed by atoms with E-state index in [0.717, 1.165) is 11.1 Å². The molecule has 0 saturated heterocycles. The second kappa shape index (κ2) is 10.5. The Kier molecular flexibility index (Phi) is 6.91. The maximum atomic E-state index is 13.2. The summed E-state index contributed by atoms with van der Waals surface area (Å²) >= 11 is 6.11. The van der Waals surface area contributed by atoms with E-state index in [9.17, 15) is 9.59 Å². The molecule has 39 heavy (non-hydrogen) atoms. The number of carbonyl (C=O) groups excluding carboxylic acids is 1. The number of carbonyl (C=O) groups is 1. The number of nitrogen functional groups attached to an aromatic ring is 1. The highest BCUT2D eigenvalue weighted by atomic mass is 35.5. The van der Waals surface area contributed by atoms with Crippen molar-refractivity contribution in [1.29, 1.82) is 0 Å². The highest BCUT2D eigenvalue weighted by Gasteiger charge is 2.22. The fraction of sp³-hybridized carbons (Fsp3) is 0.103. The Morgan fingerprint density at radius 1 is 1.03 bits per heavy atom. The SMILES string of the molecule is COc1cccc(-c2cnc(N)c(-c3ccc(NC(=O)c4c(C)n(C)n(-c5cccc(Cl)c5)c4=O)cc3)n2)c1. The summed E-state index contributed by atoms with van der Waals surface area (Å²) in [6.45, 7) is 1.72. The number of nitrogens with one attached hydrogen (secondary N) is 1. The van der Waals surface area contributed by atoms with E-state index in [4.69, 9.17) is 27.1 Å². The van der Waals surface area contributed by atoms with Gasteiger partial charge < -0.3 is 15.8 Å². The first-order chi connectivity index (χ1) is 18.8. The van der Waals surface area contributed by atoms with Crippen molar-refractivity contribution in [1.82, 2.24) is 19.3 Å². The molecule has 0 atom stereocenters. The molecule has 0 aliphatic heterocycles. The Hall–Kier alpha value is -4.89. The number of aromatic nitrogens is 4. The Bertz CT molecular complexity index is 1760. The number of hydrogen-bond acceptors (Lipinski definition) is 6. The van der Waals surface area contributed by atoms with E-state index in [1.54, 1.807) is 80.5 Å². The number of hydrogen-bond donors (Lipinski definition) is 2. The number of amides is 1. The van der Waals surface area contributed by atoms with Gasteiger partial charge in [0.1, 0.15) is 22.8 Å². The summed E-state index contributed by atoms with van der Waals surface area (Å²) < 4.78 is 8.35. The van der Waals surface area contributed by atoms with E-state index >= 15 is 0 Å². The van der Waals surface area contributed by atoms with Crippen LogP contribution in [0.1, 0.15) is 16.1 Å². The molecule has 0 bridgehead atoms. The van der Waals surface area contributed by atoms with Crippen molar-refractivity contribution < 1.29 is 9.53 Å². The first kappa shape index (κ1) is 25.7. The van der Waals surface area contributed by atoms with Crippen LogP contribution in [-0.2, 0) is 7.05 Å².